The molecule has 152 valence electrons. The molecule has 0 fully saturated rings. The Hall–Kier alpha value is -3.51. The number of benzene rings is 2. The number of amidine groups is 2. The number of nitrogens with zero attached hydrogens (tertiary/aromatic N) is 3. The van der Waals surface area contributed by atoms with Gasteiger partial charge >= 0.3 is 0 Å². The van der Waals surface area contributed by atoms with Gasteiger partial charge in [-0.3, -0.25) is 15.7 Å². The molecular weight excluding hydrogens is 372 g/mol. The number of fused-ring (bicyclic) bond motifs is 2. The number of pyridine rings is 1. The normalized spacial score (nSPS) is 12.8. The molecule has 0 bridgehead atoms. The zero-order chi connectivity index (χ0) is 21.1. The molecule has 0 unspecified atom stereocenters. The lowest BCUT2D eigenvalue weighted by atomic mass is 10.1. The zero-order valence-corrected chi connectivity index (χ0v) is 17.3. The predicted octanol–water partition coefficient (Wildman–Crippen LogP) is 4.84. The van der Waals surface area contributed by atoms with Crippen molar-refractivity contribution < 1.29 is 0 Å². The summed E-state index contributed by atoms with van der Waals surface area (Å²) in [6.07, 6.45) is 2.84. The van der Waals surface area contributed by atoms with Crippen molar-refractivity contribution in [3.05, 3.63) is 83.6 Å². The SMILES string of the molecule is CCCN(C)Cc1ccc(C(=N)N2C(=N)c3ccccc3Nc3ncccc32)cc1. The van der Waals surface area contributed by atoms with Gasteiger partial charge in [-0.15, -0.1) is 0 Å². The maximum Gasteiger partial charge on any atom is 0.154 e. The minimum atomic E-state index is 0.251. The molecule has 0 radical (unpaired) electrons. The fourth-order valence-corrected chi connectivity index (χ4v) is 3.74. The first kappa shape index (κ1) is 19.8. The highest BCUT2D eigenvalue weighted by molar-refractivity contribution is 6.30. The van der Waals surface area contributed by atoms with Gasteiger partial charge < -0.3 is 10.2 Å². The average molecular weight is 399 g/mol. The third-order valence-corrected chi connectivity index (χ3v) is 5.19. The topological polar surface area (TPSA) is 79.1 Å². The van der Waals surface area contributed by atoms with Crippen LogP contribution in [0.3, 0.4) is 0 Å². The van der Waals surface area contributed by atoms with E-state index in [0.717, 1.165) is 36.3 Å². The first-order valence-corrected chi connectivity index (χ1v) is 10.1. The molecular formula is C24H26N6. The van der Waals surface area contributed by atoms with Crippen LogP contribution in [0.1, 0.15) is 30.0 Å². The van der Waals surface area contributed by atoms with Crippen molar-refractivity contribution in [1.82, 2.24) is 9.88 Å². The van der Waals surface area contributed by atoms with Crippen LogP contribution in [0.25, 0.3) is 0 Å². The van der Waals surface area contributed by atoms with Gasteiger partial charge in [-0.1, -0.05) is 43.3 Å². The quantitative estimate of drug-likeness (QED) is 0.424. The summed E-state index contributed by atoms with van der Waals surface area (Å²) in [6.45, 7) is 4.11. The molecule has 6 heteroatoms. The van der Waals surface area contributed by atoms with Gasteiger partial charge in [0.05, 0.1) is 11.4 Å². The Labute approximate surface area is 177 Å². The molecule has 30 heavy (non-hydrogen) atoms. The molecule has 0 saturated heterocycles. The summed E-state index contributed by atoms with van der Waals surface area (Å²) in [4.78, 5) is 8.39. The fourth-order valence-electron chi connectivity index (χ4n) is 3.74. The van der Waals surface area contributed by atoms with Crippen molar-refractivity contribution >= 4 is 28.9 Å². The van der Waals surface area contributed by atoms with Gasteiger partial charge in [-0.2, -0.15) is 0 Å². The van der Waals surface area contributed by atoms with Crippen LogP contribution >= 0.6 is 0 Å². The second kappa shape index (κ2) is 8.47. The summed E-state index contributed by atoms with van der Waals surface area (Å²) in [6, 6.07) is 19.4. The zero-order valence-electron chi connectivity index (χ0n) is 17.3. The number of hydrogen-bond acceptors (Lipinski definition) is 5. The second-order valence-corrected chi connectivity index (χ2v) is 7.51. The van der Waals surface area contributed by atoms with E-state index in [4.69, 9.17) is 10.8 Å². The molecule has 3 aromatic rings. The van der Waals surface area contributed by atoms with Gasteiger partial charge in [0, 0.05) is 23.9 Å². The largest absolute Gasteiger partial charge is 0.338 e. The van der Waals surface area contributed by atoms with E-state index in [2.05, 4.69) is 41.3 Å². The number of anilines is 3. The Morgan fingerprint density at radius 3 is 2.60 bits per heavy atom. The molecule has 6 nitrogen and oxygen atoms in total. The molecule has 0 saturated carbocycles. The molecule has 0 aliphatic carbocycles. The molecule has 3 N–H and O–H groups in total. The first-order chi connectivity index (χ1) is 14.6. The van der Waals surface area contributed by atoms with Crippen LogP contribution in [-0.4, -0.2) is 35.1 Å². The van der Waals surface area contributed by atoms with Crippen LogP contribution in [0.2, 0.25) is 0 Å². The maximum absolute atomic E-state index is 8.92. The Bertz CT molecular complexity index is 1070. The summed E-state index contributed by atoms with van der Waals surface area (Å²) in [5.41, 5.74) is 4.21. The van der Waals surface area contributed by atoms with Crippen LogP contribution in [0.15, 0.2) is 66.9 Å². The lowest BCUT2D eigenvalue weighted by Crippen LogP contribution is -2.36. The molecule has 4 rings (SSSR count). The summed E-state index contributed by atoms with van der Waals surface area (Å²) >= 11 is 0. The number of para-hydroxylation sites is 1. The molecule has 0 spiro atoms. The summed E-state index contributed by atoms with van der Waals surface area (Å²) in [5, 5.41) is 21.1. The minimum absolute atomic E-state index is 0.251. The van der Waals surface area contributed by atoms with Gasteiger partial charge in [0.2, 0.25) is 0 Å². The van der Waals surface area contributed by atoms with Crippen LogP contribution in [0, 0.1) is 10.8 Å². The number of nitrogens with one attached hydrogen (secondary N) is 3. The van der Waals surface area contributed by atoms with E-state index in [9.17, 15) is 0 Å². The summed E-state index contributed by atoms with van der Waals surface area (Å²) in [7, 11) is 2.12. The molecule has 0 amide bonds. The van der Waals surface area contributed by atoms with Crippen LogP contribution in [0.5, 0.6) is 0 Å². The highest BCUT2D eigenvalue weighted by atomic mass is 15.2. The minimum Gasteiger partial charge on any atom is -0.338 e. The van der Waals surface area contributed by atoms with Gasteiger partial charge in [-0.25, -0.2) is 4.98 Å². The molecule has 1 aliphatic heterocycles. The lowest BCUT2D eigenvalue weighted by molar-refractivity contribution is 0.327. The van der Waals surface area contributed by atoms with E-state index in [1.807, 2.05) is 48.5 Å². The van der Waals surface area contributed by atoms with Crippen molar-refractivity contribution in [3.8, 4) is 0 Å². The average Bonchev–Trinajstić information content (AvgIpc) is 2.88. The number of aromatic nitrogens is 1. The monoisotopic (exact) mass is 398 g/mol. The smallest absolute Gasteiger partial charge is 0.154 e. The summed E-state index contributed by atoms with van der Waals surface area (Å²) < 4.78 is 0. The van der Waals surface area contributed by atoms with Gasteiger partial charge in [-0.05, 0) is 49.8 Å². The van der Waals surface area contributed by atoms with Gasteiger partial charge in [0.1, 0.15) is 11.7 Å². The molecule has 2 aromatic carbocycles. The van der Waals surface area contributed by atoms with E-state index >= 15 is 0 Å². The molecule has 1 aromatic heterocycles. The highest BCUT2D eigenvalue weighted by Gasteiger charge is 2.28. The van der Waals surface area contributed by atoms with Crippen molar-refractivity contribution in [3.63, 3.8) is 0 Å². The van der Waals surface area contributed by atoms with E-state index in [1.54, 1.807) is 11.1 Å². The van der Waals surface area contributed by atoms with E-state index in [-0.39, 0.29) is 11.7 Å². The van der Waals surface area contributed by atoms with E-state index < -0.39 is 0 Å². The third kappa shape index (κ3) is 3.82. The Morgan fingerprint density at radius 1 is 1.07 bits per heavy atom. The third-order valence-electron chi connectivity index (χ3n) is 5.19. The standard InChI is InChI=1S/C24H26N6/c1-3-15-29(2)16-17-10-12-18(13-11-17)22(25)30-21-9-6-14-27-24(21)28-20-8-5-4-7-19(20)23(30)26/h4-14,25-26H,3,15-16H2,1-2H3,(H,27,28). The fraction of sp³-hybridized carbons (Fsp3) is 0.208. The van der Waals surface area contributed by atoms with Crippen molar-refractivity contribution in [2.75, 3.05) is 23.8 Å². The second-order valence-electron chi connectivity index (χ2n) is 7.51. The van der Waals surface area contributed by atoms with Crippen LogP contribution < -0.4 is 10.2 Å². The first-order valence-electron chi connectivity index (χ1n) is 10.1. The van der Waals surface area contributed by atoms with Crippen LogP contribution in [-0.2, 0) is 6.54 Å². The van der Waals surface area contributed by atoms with Crippen LogP contribution in [0.4, 0.5) is 17.2 Å². The van der Waals surface area contributed by atoms with E-state index in [1.165, 1.54) is 5.56 Å². The molecule has 1 aliphatic rings. The maximum atomic E-state index is 8.92. The highest BCUT2D eigenvalue weighted by Crippen LogP contribution is 2.34. The van der Waals surface area contributed by atoms with E-state index in [0.29, 0.717) is 11.5 Å². The molecule has 0 atom stereocenters. The number of rotatable bonds is 5. The Balaban J connectivity index is 1.68. The number of hydrogen-bond donors (Lipinski definition) is 3. The Morgan fingerprint density at radius 2 is 1.83 bits per heavy atom. The lowest BCUT2D eigenvalue weighted by Gasteiger charge is -2.25. The van der Waals surface area contributed by atoms with Gasteiger partial charge in [0.25, 0.3) is 0 Å². The Kier molecular flexibility index (Phi) is 5.59. The van der Waals surface area contributed by atoms with Gasteiger partial charge in [0.15, 0.2) is 5.82 Å². The predicted molar refractivity (Wildman–Crippen MR) is 123 cm³/mol. The summed E-state index contributed by atoms with van der Waals surface area (Å²) in [5.74, 6) is 1.14. The van der Waals surface area contributed by atoms with Crippen molar-refractivity contribution in [2.24, 2.45) is 0 Å². The van der Waals surface area contributed by atoms with Crippen molar-refractivity contribution in [2.45, 2.75) is 19.9 Å². The molecule has 2 heterocycles. The van der Waals surface area contributed by atoms with Crippen molar-refractivity contribution in [1.29, 1.82) is 10.8 Å².